The van der Waals surface area contributed by atoms with Crippen molar-refractivity contribution in [3.63, 3.8) is 0 Å². The first-order valence-corrected chi connectivity index (χ1v) is 7.25. The molecule has 0 aromatic carbocycles. The van der Waals surface area contributed by atoms with E-state index in [0.29, 0.717) is 6.04 Å². The van der Waals surface area contributed by atoms with Crippen LogP contribution in [0.3, 0.4) is 0 Å². The lowest BCUT2D eigenvalue weighted by molar-refractivity contribution is -0.154. The summed E-state index contributed by atoms with van der Waals surface area (Å²) in [4.78, 5) is 27.4. The highest BCUT2D eigenvalue weighted by Gasteiger charge is 2.41. The first kappa shape index (κ1) is 14.3. The minimum atomic E-state index is -0.900. The van der Waals surface area contributed by atoms with E-state index in [1.54, 1.807) is 0 Å². The van der Waals surface area contributed by atoms with Crippen molar-refractivity contribution in [2.75, 3.05) is 13.6 Å². The number of carboxylic acid groups (broad SMARTS) is 1. The second-order valence-corrected chi connectivity index (χ2v) is 5.94. The van der Waals surface area contributed by atoms with Gasteiger partial charge < -0.3 is 10.0 Å². The molecular weight excluding hydrogens is 244 g/mol. The molecule has 1 aliphatic carbocycles. The van der Waals surface area contributed by atoms with Crippen LogP contribution in [0.25, 0.3) is 0 Å². The molecule has 2 aliphatic rings. The summed E-state index contributed by atoms with van der Waals surface area (Å²) in [5, 5.41) is 8.97. The van der Waals surface area contributed by atoms with Crippen LogP contribution in [0.5, 0.6) is 0 Å². The van der Waals surface area contributed by atoms with Crippen molar-refractivity contribution < 1.29 is 14.7 Å². The Morgan fingerprint density at radius 1 is 1.32 bits per heavy atom. The lowest BCUT2D eigenvalue weighted by Gasteiger charge is -2.47. The van der Waals surface area contributed by atoms with Crippen LogP contribution in [0.4, 0.5) is 0 Å². The van der Waals surface area contributed by atoms with Crippen LogP contribution >= 0.6 is 0 Å². The average molecular weight is 268 g/mol. The largest absolute Gasteiger partial charge is 0.481 e. The molecule has 5 heteroatoms. The third-order valence-corrected chi connectivity index (χ3v) is 4.43. The summed E-state index contributed by atoms with van der Waals surface area (Å²) in [5.74, 6) is -0.890. The number of piperazine rings is 1. The van der Waals surface area contributed by atoms with E-state index >= 15 is 0 Å². The van der Waals surface area contributed by atoms with Gasteiger partial charge in [0.05, 0.1) is 12.5 Å². The molecule has 0 aromatic heterocycles. The van der Waals surface area contributed by atoms with Gasteiger partial charge in [0.25, 0.3) is 0 Å². The number of carbonyl (C=O) groups is 2. The Labute approximate surface area is 114 Å². The molecule has 1 amide bonds. The van der Waals surface area contributed by atoms with E-state index < -0.39 is 12.0 Å². The van der Waals surface area contributed by atoms with E-state index in [-0.39, 0.29) is 18.4 Å². The normalized spacial score (nSPS) is 30.6. The quantitative estimate of drug-likeness (QED) is 0.838. The number of nitrogens with zero attached hydrogens (tertiary/aromatic N) is 2. The maximum Gasteiger partial charge on any atom is 0.305 e. The van der Waals surface area contributed by atoms with E-state index in [1.807, 2.05) is 16.8 Å². The molecule has 1 N–H and O–H groups in total. The SMILES string of the molecule is CC1CN(C)C(CC(=O)O)C(=O)N1C1CCCCC1. The second kappa shape index (κ2) is 5.90. The van der Waals surface area contributed by atoms with Crippen LogP contribution in [-0.2, 0) is 9.59 Å². The molecule has 0 radical (unpaired) electrons. The average Bonchev–Trinajstić information content (AvgIpc) is 2.35. The summed E-state index contributed by atoms with van der Waals surface area (Å²) in [6, 6.07) is 0.0162. The number of amides is 1. The second-order valence-electron chi connectivity index (χ2n) is 5.94. The van der Waals surface area contributed by atoms with Crippen molar-refractivity contribution in [2.24, 2.45) is 0 Å². The molecule has 1 aliphatic heterocycles. The fourth-order valence-corrected chi connectivity index (χ4v) is 3.52. The third kappa shape index (κ3) is 3.08. The van der Waals surface area contributed by atoms with Gasteiger partial charge in [0.1, 0.15) is 0 Å². The molecule has 1 saturated heterocycles. The van der Waals surface area contributed by atoms with E-state index in [1.165, 1.54) is 19.3 Å². The highest BCUT2D eigenvalue weighted by molar-refractivity contribution is 5.87. The first-order chi connectivity index (χ1) is 9.00. The van der Waals surface area contributed by atoms with Gasteiger partial charge >= 0.3 is 5.97 Å². The Morgan fingerprint density at radius 2 is 1.95 bits per heavy atom. The number of carbonyl (C=O) groups excluding carboxylic acids is 1. The number of aliphatic carboxylic acids is 1. The molecule has 0 aromatic rings. The summed E-state index contributed by atoms with van der Waals surface area (Å²) in [6.07, 6.45) is 5.66. The van der Waals surface area contributed by atoms with E-state index in [0.717, 1.165) is 19.4 Å². The number of rotatable bonds is 3. The van der Waals surface area contributed by atoms with Crippen molar-refractivity contribution in [3.8, 4) is 0 Å². The molecule has 19 heavy (non-hydrogen) atoms. The van der Waals surface area contributed by atoms with Crippen molar-refractivity contribution in [2.45, 2.75) is 63.6 Å². The van der Waals surface area contributed by atoms with Gasteiger partial charge in [-0.2, -0.15) is 0 Å². The minimum Gasteiger partial charge on any atom is -0.481 e. The smallest absolute Gasteiger partial charge is 0.305 e. The van der Waals surface area contributed by atoms with Crippen molar-refractivity contribution in [1.29, 1.82) is 0 Å². The van der Waals surface area contributed by atoms with Gasteiger partial charge in [-0.15, -0.1) is 0 Å². The maximum absolute atomic E-state index is 12.6. The van der Waals surface area contributed by atoms with Crippen LogP contribution in [0.1, 0.15) is 45.4 Å². The number of carboxylic acids is 1. The lowest BCUT2D eigenvalue weighted by Crippen LogP contribution is -2.63. The number of hydrogen-bond donors (Lipinski definition) is 1. The molecule has 2 rings (SSSR count). The van der Waals surface area contributed by atoms with E-state index in [2.05, 4.69) is 6.92 Å². The monoisotopic (exact) mass is 268 g/mol. The highest BCUT2D eigenvalue weighted by atomic mass is 16.4. The Balaban J connectivity index is 2.12. The van der Waals surface area contributed by atoms with Crippen LogP contribution in [0, 0.1) is 0 Å². The van der Waals surface area contributed by atoms with Crippen molar-refractivity contribution in [1.82, 2.24) is 9.80 Å². The summed E-state index contributed by atoms with van der Waals surface area (Å²) in [7, 11) is 1.85. The number of likely N-dealkylation sites (N-methyl/N-ethyl adjacent to an activating group) is 1. The standard InChI is InChI=1S/C14H24N2O3/c1-10-9-15(2)12(8-13(17)18)14(19)16(10)11-6-4-3-5-7-11/h10-12H,3-9H2,1-2H3,(H,17,18). The van der Waals surface area contributed by atoms with Crippen LogP contribution in [0.15, 0.2) is 0 Å². The summed E-state index contributed by atoms with van der Waals surface area (Å²) >= 11 is 0. The van der Waals surface area contributed by atoms with Crippen LogP contribution in [0.2, 0.25) is 0 Å². The van der Waals surface area contributed by atoms with E-state index in [4.69, 9.17) is 5.11 Å². The molecule has 1 saturated carbocycles. The molecule has 0 spiro atoms. The summed E-state index contributed by atoms with van der Waals surface area (Å²) in [6.45, 7) is 2.83. The Kier molecular flexibility index (Phi) is 4.45. The fraction of sp³-hybridized carbons (Fsp3) is 0.857. The van der Waals surface area contributed by atoms with Gasteiger partial charge in [0, 0.05) is 18.6 Å². The molecule has 1 heterocycles. The van der Waals surface area contributed by atoms with Gasteiger partial charge in [0.2, 0.25) is 5.91 Å². The van der Waals surface area contributed by atoms with Crippen LogP contribution in [-0.4, -0.2) is 58.5 Å². The van der Waals surface area contributed by atoms with Crippen molar-refractivity contribution >= 4 is 11.9 Å². The topological polar surface area (TPSA) is 60.9 Å². The highest BCUT2D eigenvalue weighted by Crippen LogP contribution is 2.28. The number of hydrogen-bond acceptors (Lipinski definition) is 3. The van der Waals surface area contributed by atoms with Gasteiger partial charge in [-0.25, -0.2) is 0 Å². The minimum absolute atomic E-state index is 0.00977. The van der Waals surface area contributed by atoms with Crippen LogP contribution < -0.4 is 0 Å². The first-order valence-electron chi connectivity index (χ1n) is 7.25. The van der Waals surface area contributed by atoms with Gasteiger partial charge in [0.15, 0.2) is 0 Å². The van der Waals surface area contributed by atoms with Gasteiger partial charge in [-0.3, -0.25) is 14.5 Å². The van der Waals surface area contributed by atoms with Gasteiger partial charge in [-0.05, 0) is 26.8 Å². The van der Waals surface area contributed by atoms with Crippen molar-refractivity contribution in [3.05, 3.63) is 0 Å². The Hall–Kier alpha value is -1.10. The lowest BCUT2D eigenvalue weighted by atomic mass is 9.91. The molecule has 0 bridgehead atoms. The fourth-order valence-electron chi connectivity index (χ4n) is 3.52. The Bertz CT molecular complexity index is 353. The summed E-state index contributed by atoms with van der Waals surface area (Å²) in [5.41, 5.74) is 0. The molecular formula is C14H24N2O3. The summed E-state index contributed by atoms with van der Waals surface area (Å²) < 4.78 is 0. The zero-order chi connectivity index (χ0) is 14.0. The van der Waals surface area contributed by atoms with E-state index in [9.17, 15) is 9.59 Å². The zero-order valence-electron chi connectivity index (χ0n) is 11.8. The molecule has 5 nitrogen and oxygen atoms in total. The molecule has 2 atom stereocenters. The predicted molar refractivity (Wildman–Crippen MR) is 71.9 cm³/mol. The van der Waals surface area contributed by atoms with Gasteiger partial charge in [-0.1, -0.05) is 19.3 Å². The predicted octanol–water partition coefficient (Wildman–Crippen LogP) is 1.32. The molecule has 108 valence electrons. The maximum atomic E-state index is 12.6. The third-order valence-electron chi connectivity index (χ3n) is 4.43. The zero-order valence-corrected chi connectivity index (χ0v) is 11.8. The molecule has 2 unspecified atom stereocenters. The molecule has 2 fully saturated rings. The Morgan fingerprint density at radius 3 is 2.53 bits per heavy atom.